The van der Waals surface area contributed by atoms with Gasteiger partial charge in [-0.05, 0) is 25.8 Å². The second-order valence-electron chi connectivity index (χ2n) is 11.9. The van der Waals surface area contributed by atoms with Crippen molar-refractivity contribution in [3.8, 4) is 0 Å². The summed E-state index contributed by atoms with van der Waals surface area (Å²) in [6, 6.07) is 0. The van der Waals surface area contributed by atoms with E-state index in [4.69, 9.17) is 9.90 Å². The third kappa shape index (κ3) is 18.1. The van der Waals surface area contributed by atoms with Crippen LogP contribution in [0.15, 0.2) is 9.59 Å². The molecule has 48 heavy (non-hydrogen) atoms. The molecule has 1 saturated heterocycles. The number of anilines is 2. The van der Waals surface area contributed by atoms with Gasteiger partial charge in [0.2, 0.25) is 5.91 Å². The van der Waals surface area contributed by atoms with Crippen molar-refractivity contribution in [2.24, 2.45) is 0 Å². The molecule has 6 N–H and O–H groups in total. The Labute approximate surface area is 283 Å². The van der Waals surface area contributed by atoms with Crippen LogP contribution in [0, 0.1) is 0 Å². The lowest BCUT2D eigenvalue weighted by atomic mass is 10.1. The van der Waals surface area contributed by atoms with E-state index in [0.29, 0.717) is 76.8 Å². The number of carboxylic acid groups (broad SMARTS) is 3. The molecule has 1 aromatic carbocycles. The van der Waals surface area contributed by atoms with Gasteiger partial charge in [0.15, 0.2) is 0 Å². The summed E-state index contributed by atoms with van der Waals surface area (Å²) in [6.07, 6.45) is 6.67. The smallest absolute Gasteiger partial charge is 0.317 e. The Morgan fingerprint density at radius 2 is 1.00 bits per heavy atom. The predicted molar refractivity (Wildman–Crippen MR) is 185 cm³/mol. The van der Waals surface area contributed by atoms with Crippen molar-refractivity contribution in [1.29, 1.82) is 0 Å². The Hall–Kier alpha value is -3.60. The van der Waals surface area contributed by atoms with Crippen molar-refractivity contribution in [2.75, 3.05) is 109 Å². The van der Waals surface area contributed by atoms with Crippen molar-refractivity contribution in [3.05, 3.63) is 20.4 Å². The second-order valence-corrected chi connectivity index (χ2v) is 11.9. The molecule has 0 aromatic heterocycles. The van der Waals surface area contributed by atoms with Crippen LogP contribution in [0.3, 0.4) is 0 Å². The minimum absolute atomic E-state index is 0.0664. The summed E-state index contributed by atoms with van der Waals surface area (Å²) >= 11 is 0. The maximum absolute atomic E-state index is 12.8. The quantitative estimate of drug-likeness (QED) is 0.0611. The number of rotatable bonds is 20. The summed E-state index contributed by atoms with van der Waals surface area (Å²) in [6.45, 7) is 11.1. The number of hydrogen-bond acceptors (Lipinski definition) is 12. The van der Waals surface area contributed by atoms with Gasteiger partial charge in [-0.1, -0.05) is 39.5 Å². The molecule has 1 amide bonds. The van der Waals surface area contributed by atoms with Gasteiger partial charge in [0.05, 0.1) is 19.6 Å². The summed E-state index contributed by atoms with van der Waals surface area (Å²) in [5, 5.41) is 34.7. The minimum Gasteiger partial charge on any atom is -0.483 e. The fraction of sp³-hybridized carbons (Fsp3) is 0.750. The Bertz CT molecular complexity index is 1160. The number of nitrogens with zero attached hydrogens (tertiary/aromatic N) is 4. The Kier molecular flexibility index (Phi) is 22.5. The first-order chi connectivity index (χ1) is 23.1. The molecule has 1 heterocycles. The standard InChI is InChI=1S/C31H55N7O7.CH2O2/c1-3-5-8-12-33-28-29(31(45)30(28)44)34-13-10-7-6-9-11-32-25(39)22-36-16-14-35(4-2)15-17-37(23-26(40)41)20-21-38(19-18-36)24-27(42)43;2-1-3/h33-34H,3-24H2,1-2H3,(H,32,39)(H,40,41)(H,42,43);1H,(H,2,3). The molecule has 16 heteroatoms. The molecular weight excluding hydrogens is 626 g/mol. The summed E-state index contributed by atoms with van der Waals surface area (Å²) in [5.74, 6) is -1.90. The van der Waals surface area contributed by atoms with Gasteiger partial charge >= 0.3 is 11.9 Å². The third-order valence-corrected chi connectivity index (χ3v) is 8.18. The number of carbonyl (C=O) groups is 4. The van der Waals surface area contributed by atoms with Gasteiger partial charge in [0.25, 0.3) is 17.3 Å². The average molecular weight is 684 g/mol. The van der Waals surface area contributed by atoms with E-state index in [1.807, 2.05) is 4.90 Å². The van der Waals surface area contributed by atoms with Crippen molar-refractivity contribution in [2.45, 2.75) is 58.8 Å². The van der Waals surface area contributed by atoms with Gasteiger partial charge in [0, 0.05) is 72.0 Å². The van der Waals surface area contributed by atoms with E-state index in [1.54, 1.807) is 4.90 Å². The number of carboxylic acids is 2. The van der Waals surface area contributed by atoms with Crippen LogP contribution in [0.5, 0.6) is 0 Å². The van der Waals surface area contributed by atoms with Gasteiger partial charge in [0.1, 0.15) is 11.4 Å². The minimum atomic E-state index is -0.938. The molecule has 0 atom stereocenters. The molecule has 0 aliphatic carbocycles. The number of likely N-dealkylation sites (N-methyl/N-ethyl adjacent to an activating group) is 1. The molecule has 1 fully saturated rings. The van der Waals surface area contributed by atoms with Crippen molar-refractivity contribution < 1.29 is 34.5 Å². The van der Waals surface area contributed by atoms with Crippen LogP contribution in [0.25, 0.3) is 0 Å². The fourth-order valence-electron chi connectivity index (χ4n) is 5.37. The summed E-state index contributed by atoms with van der Waals surface area (Å²) in [5.41, 5.74) is -0.0799. The summed E-state index contributed by atoms with van der Waals surface area (Å²) in [4.78, 5) is 75.6. The molecule has 0 bridgehead atoms. The van der Waals surface area contributed by atoms with E-state index in [1.165, 1.54) is 0 Å². The van der Waals surface area contributed by atoms with E-state index in [-0.39, 0.29) is 32.0 Å². The SMILES string of the molecule is CCCCCNc1c(NCCCCCCNC(=O)CN2CCN(CC)CCN(CC(=O)O)CCN(CC(=O)O)CC2)c(=O)c1=O.O=CO. The van der Waals surface area contributed by atoms with E-state index in [0.717, 1.165) is 58.0 Å². The second kappa shape index (κ2) is 25.4. The van der Waals surface area contributed by atoms with Crippen LogP contribution in [0.1, 0.15) is 58.8 Å². The Morgan fingerprint density at radius 1 is 0.625 bits per heavy atom. The zero-order valence-electron chi connectivity index (χ0n) is 28.7. The first kappa shape index (κ1) is 42.4. The third-order valence-electron chi connectivity index (χ3n) is 8.18. The summed E-state index contributed by atoms with van der Waals surface area (Å²) < 4.78 is 0. The highest BCUT2D eigenvalue weighted by Gasteiger charge is 2.21. The Morgan fingerprint density at radius 3 is 1.40 bits per heavy atom. The number of amides is 1. The van der Waals surface area contributed by atoms with Crippen molar-refractivity contribution >= 4 is 35.7 Å². The number of aliphatic carboxylic acids is 2. The topological polar surface area (TPSA) is 212 Å². The van der Waals surface area contributed by atoms with Crippen molar-refractivity contribution in [3.63, 3.8) is 0 Å². The van der Waals surface area contributed by atoms with Crippen LogP contribution < -0.4 is 26.8 Å². The van der Waals surface area contributed by atoms with Crippen LogP contribution in [-0.4, -0.2) is 157 Å². The lowest BCUT2D eigenvalue weighted by molar-refractivity contribution is -0.140. The molecule has 1 aliphatic heterocycles. The molecule has 1 aromatic rings. The number of unbranched alkanes of at least 4 members (excludes halogenated alkanes) is 5. The summed E-state index contributed by atoms with van der Waals surface area (Å²) in [7, 11) is 0. The van der Waals surface area contributed by atoms with Crippen molar-refractivity contribution in [1.82, 2.24) is 24.9 Å². The van der Waals surface area contributed by atoms with Gasteiger partial charge in [-0.2, -0.15) is 0 Å². The molecule has 0 saturated carbocycles. The Balaban J connectivity index is 0.00000369. The highest BCUT2D eigenvalue weighted by molar-refractivity contribution is 5.78. The van der Waals surface area contributed by atoms with Gasteiger partial charge < -0.3 is 36.2 Å². The average Bonchev–Trinajstić information content (AvgIpc) is 3.04. The number of hydrogen-bond donors (Lipinski definition) is 6. The maximum Gasteiger partial charge on any atom is 0.317 e. The van der Waals surface area contributed by atoms with Crippen LogP contribution in [0.4, 0.5) is 11.4 Å². The van der Waals surface area contributed by atoms with Gasteiger partial charge in [-0.3, -0.25) is 43.5 Å². The van der Waals surface area contributed by atoms with Gasteiger partial charge in [-0.15, -0.1) is 0 Å². The van der Waals surface area contributed by atoms with E-state index >= 15 is 0 Å². The highest BCUT2D eigenvalue weighted by atomic mass is 16.4. The highest BCUT2D eigenvalue weighted by Crippen LogP contribution is 2.15. The fourth-order valence-corrected chi connectivity index (χ4v) is 5.37. The van der Waals surface area contributed by atoms with E-state index in [9.17, 15) is 34.2 Å². The predicted octanol–water partition coefficient (Wildman–Crippen LogP) is 0.0847. The molecular formula is C32H57N7O9. The van der Waals surface area contributed by atoms with Crippen LogP contribution in [-0.2, 0) is 19.2 Å². The maximum atomic E-state index is 12.8. The van der Waals surface area contributed by atoms with E-state index < -0.39 is 22.8 Å². The molecule has 1 aliphatic rings. The van der Waals surface area contributed by atoms with E-state index in [2.05, 4.69) is 39.6 Å². The molecule has 274 valence electrons. The number of carbonyl (C=O) groups excluding carboxylic acids is 1. The normalized spacial score (nSPS) is 15.8. The number of nitrogens with one attached hydrogen (secondary N) is 3. The largest absolute Gasteiger partial charge is 0.483 e. The molecule has 0 radical (unpaired) electrons. The lowest BCUT2D eigenvalue weighted by Crippen LogP contribution is -2.49. The molecule has 0 unspecified atom stereocenters. The zero-order chi connectivity index (χ0) is 35.7. The lowest BCUT2D eigenvalue weighted by Gasteiger charge is -2.33. The monoisotopic (exact) mass is 683 g/mol. The molecule has 2 rings (SSSR count). The molecule has 0 spiro atoms. The zero-order valence-corrected chi connectivity index (χ0v) is 28.7. The van der Waals surface area contributed by atoms with Gasteiger partial charge in [-0.25, -0.2) is 0 Å². The first-order valence-electron chi connectivity index (χ1n) is 17.0. The molecule has 16 nitrogen and oxygen atoms in total. The van der Waals surface area contributed by atoms with Crippen LogP contribution in [0.2, 0.25) is 0 Å². The van der Waals surface area contributed by atoms with Crippen LogP contribution >= 0.6 is 0 Å². The first-order valence-corrected chi connectivity index (χ1v) is 17.0.